The van der Waals surface area contributed by atoms with Crippen molar-refractivity contribution in [3.8, 4) is 0 Å². The van der Waals surface area contributed by atoms with E-state index in [1.54, 1.807) is 30.0 Å². The van der Waals surface area contributed by atoms with Crippen LogP contribution in [0.1, 0.15) is 35.9 Å². The van der Waals surface area contributed by atoms with Crippen molar-refractivity contribution in [3.63, 3.8) is 0 Å². The number of aliphatic imine (C=N–C) groups is 1. The first kappa shape index (κ1) is 22.8. The van der Waals surface area contributed by atoms with Gasteiger partial charge in [0.1, 0.15) is 5.82 Å². The molecule has 0 saturated heterocycles. The Balaban J connectivity index is 1.60. The van der Waals surface area contributed by atoms with Crippen LogP contribution in [0, 0.1) is 12.7 Å². The molecular formula is C21H29FN4O2S. The van der Waals surface area contributed by atoms with Gasteiger partial charge in [-0.05, 0) is 62.8 Å². The Kier molecular flexibility index (Phi) is 10.1. The normalized spacial score (nSPS) is 11.3. The second kappa shape index (κ2) is 12.9. The predicted molar refractivity (Wildman–Crippen MR) is 116 cm³/mol. The average Bonchev–Trinajstić information content (AvgIpc) is 3.14. The zero-order valence-electron chi connectivity index (χ0n) is 17.0. The number of thioether (sulfide) groups is 1. The number of carbonyl (C=O) groups excluding carboxylic acids is 1. The number of rotatable bonds is 11. The summed E-state index contributed by atoms with van der Waals surface area (Å²) in [4.78, 5) is 17.6. The Bertz CT molecular complexity index is 777. The monoisotopic (exact) mass is 420 g/mol. The molecule has 2 aromatic rings. The summed E-state index contributed by atoms with van der Waals surface area (Å²) < 4.78 is 18.1. The lowest BCUT2D eigenvalue weighted by molar-refractivity contribution is 0.0925. The van der Waals surface area contributed by atoms with E-state index >= 15 is 0 Å². The van der Waals surface area contributed by atoms with Crippen LogP contribution in [0.3, 0.4) is 0 Å². The minimum Gasteiger partial charge on any atom is -0.459 e. The summed E-state index contributed by atoms with van der Waals surface area (Å²) in [5, 5.41) is 9.34. The minimum atomic E-state index is -0.212. The first-order chi connectivity index (χ1) is 14.1. The molecule has 0 unspecified atom stereocenters. The zero-order chi connectivity index (χ0) is 20.9. The van der Waals surface area contributed by atoms with Crippen molar-refractivity contribution < 1.29 is 13.6 Å². The maximum atomic E-state index is 12.9. The Hall–Kier alpha value is -2.48. The van der Waals surface area contributed by atoms with Crippen molar-refractivity contribution in [1.82, 2.24) is 16.0 Å². The number of halogens is 1. The molecule has 1 aromatic carbocycles. The Morgan fingerprint density at radius 3 is 2.55 bits per heavy atom. The third-order valence-corrected chi connectivity index (χ3v) is 5.10. The molecule has 0 aliphatic carbocycles. The van der Waals surface area contributed by atoms with Crippen LogP contribution in [0.5, 0.6) is 0 Å². The van der Waals surface area contributed by atoms with Crippen LogP contribution in [0.15, 0.2) is 50.9 Å². The van der Waals surface area contributed by atoms with E-state index in [1.165, 1.54) is 18.4 Å². The Morgan fingerprint density at radius 2 is 1.86 bits per heavy atom. The number of guanidine groups is 1. The quantitative estimate of drug-likeness (QED) is 0.224. The predicted octanol–water partition coefficient (Wildman–Crippen LogP) is 3.58. The molecule has 0 aliphatic rings. The largest absolute Gasteiger partial charge is 0.459 e. The molecular weight excluding hydrogens is 391 g/mol. The van der Waals surface area contributed by atoms with Gasteiger partial charge in [0.25, 0.3) is 5.91 Å². The number of amides is 1. The van der Waals surface area contributed by atoms with Crippen molar-refractivity contribution in [2.45, 2.75) is 31.6 Å². The van der Waals surface area contributed by atoms with E-state index in [-0.39, 0.29) is 11.7 Å². The highest BCUT2D eigenvalue weighted by Crippen LogP contribution is 2.18. The van der Waals surface area contributed by atoms with Crippen molar-refractivity contribution in [1.29, 1.82) is 0 Å². The van der Waals surface area contributed by atoms with E-state index in [4.69, 9.17) is 4.42 Å². The molecule has 0 aliphatic heterocycles. The molecule has 29 heavy (non-hydrogen) atoms. The van der Waals surface area contributed by atoms with Gasteiger partial charge in [0.15, 0.2) is 11.7 Å². The van der Waals surface area contributed by atoms with E-state index in [1.807, 2.05) is 13.8 Å². The van der Waals surface area contributed by atoms with Gasteiger partial charge in [-0.15, -0.1) is 11.8 Å². The van der Waals surface area contributed by atoms with Crippen LogP contribution in [0.25, 0.3) is 0 Å². The molecule has 0 fully saturated rings. The number of nitrogens with one attached hydrogen (secondary N) is 3. The third-order valence-electron chi connectivity index (χ3n) is 4.00. The van der Waals surface area contributed by atoms with Crippen molar-refractivity contribution in [2.24, 2.45) is 4.99 Å². The summed E-state index contributed by atoms with van der Waals surface area (Å²) in [6, 6.07) is 8.31. The molecule has 0 radical (unpaired) electrons. The molecule has 1 aromatic heterocycles. The van der Waals surface area contributed by atoms with Crippen LogP contribution in [-0.4, -0.2) is 43.8 Å². The summed E-state index contributed by atoms with van der Waals surface area (Å²) >= 11 is 1.70. The molecule has 3 N–H and O–H groups in total. The van der Waals surface area contributed by atoms with E-state index in [0.29, 0.717) is 25.4 Å². The smallest absolute Gasteiger partial charge is 0.287 e. The van der Waals surface area contributed by atoms with Gasteiger partial charge < -0.3 is 20.4 Å². The van der Waals surface area contributed by atoms with Crippen molar-refractivity contribution in [2.75, 3.05) is 31.9 Å². The van der Waals surface area contributed by atoms with E-state index < -0.39 is 0 Å². The molecule has 8 heteroatoms. The standard InChI is InChI=1S/C21H29FN4O2S/c1-3-23-21(26-13-5-15-29-18-8-6-17(22)7-9-18)25-12-4-11-24-20(27)19-16(2)10-14-28-19/h6-10,14H,3-5,11-13,15H2,1-2H3,(H,24,27)(H2,23,25,26). The lowest BCUT2D eigenvalue weighted by Gasteiger charge is -2.11. The van der Waals surface area contributed by atoms with Gasteiger partial charge in [-0.2, -0.15) is 0 Å². The summed E-state index contributed by atoms with van der Waals surface area (Å²) in [7, 11) is 0. The average molecular weight is 421 g/mol. The summed E-state index contributed by atoms with van der Waals surface area (Å²) in [5.74, 6) is 1.66. The van der Waals surface area contributed by atoms with Crippen molar-refractivity contribution >= 4 is 23.6 Å². The SMILES string of the molecule is CCNC(=NCCCSc1ccc(F)cc1)NCCCNC(=O)c1occc1C. The highest BCUT2D eigenvalue weighted by Gasteiger charge is 2.11. The fourth-order valence-corrected chi connectivity index (χ4v) is 3.34. The summed E-state index contributed by atoms with van der Waals surface area (Å²) in [6.45, 7) is 6.61. The van der Waals surface area contributed by atoms with Gasteiger partial charge in [-0.1, -0.05) is 0 Å². The second-order valence-corrected chi connectivity index (χ2v) is 7.55. The number of nitrogens with zero attached hydrogens (tertiary/aromatic N) is 1. The lowest BCUT2D eigenvalue weighted by Crippen LogP contribution is -2.39. The van der Waals surface area contributed by atoms with Crippen LogP contribution in [0.2, 0.25) is 0 Å². The van der Waals surface area contributed by atoms with Gasteiger partial charge in [0, 0.05) is 36.6 Å². The van der Waals surface area contributed by atoms with Gasteiger partial charge in [0.2, 0.25) is 0 Å². The molecule has 0 atom stereocenters. The number of benzene rings is 1. The first-order valence-electron chi connectivity index (χ1n) is 9.83. The van der Waals surface area contributed by atoms with E-state index in [0.717, 1.165) is 41.6 Å². The highest BCUT2D eigenvalue weighted by atomic mass is 32.2. The number of hydrogen-bond donors (Lipinski definition) is 3. The number of hydrogen-bond acceptors (Lipinski definition) is 4. The molecule has 6 nitrogen and oxygen atoms in total. The first-order valence-corrected chi connectivity index (χ1v) is 10.8. The maximum Gasteiger partial charge on any atom is 0.287 e. The highest BCUT2D eigenvalue weighted by molar-refractivity contribution is 7.99. The van der Waals surface area contributed by atoms with Gasteiger partial charge in [-0.25, -0.2) is 4.39 Å². The molecule has 1 heterocycles. The second-order valence-electron chi connectivity index (χ2n) is 6.39. The molecule has 1 amide bonds. The maximum absolute atomic E-state index is 12.9. The van der Waals surface area contributed by atoms with Crippen LogP contribution < -0.4 is 16.0 Å². The topological polar surface area (TPSA) is 78.7 Å². The van der Waals surface area contributed by atoms with Gasteiger partial charge in [-0.3, -0.25) is 9.79 Å². The Labute approximate surface area is 175 Å². The third kappa shape index (κ3) is 8.60. The van der Waals surface area contributed by atoms with Crippen molar-refractivity contribution in [3.05, 3.63) is 53.7 Å². The number of furan rings is 1. The van der Waals surface area contributed by atoms with E-state index in [9.17, 15) is 9.18 Å². The number of carbonyl (C=O) groups is 1. The lowest BCUT2D eigenvalue weighted by atomic mass is 10.2. The fourth-order valence-electron chi connectivity index (χ4n) is 2.50. The van der Waals surface area contributed by atoms with Crippen LogP contribution in [-0.2, 0) is 0 Å². The van der Waals surface area contributed by atoms with E-state index in [2.05, 4.69) is 20.9 Å². The molecule has 2 rings (SSSR count). The summed E-state index contributed by atoms with van der Waals surface area (Å²) in [5.41, 5.74) is 0.833. The number of aryl methyl sites for hydroxylation is 1. The molecule has 0 saturated carbocycles. The fraction of sp³-hybridized carbons (Fsp3) is 0.429. The van der Waals surface area contributed by atoms with Crippen LogP contribution >= 0.6 is 11.8 Å². The summed E-state index contributed by atoms with van der Waals surface area (Å²) in [6.07, 6.45) is 3.22. The Morgan fingerprint density at radius 1 is 1.10 bits per heavy atom. The van der Waals surface area contributed by atoms with Gasteiger partial charge in [0.05, 0.1) is 6.26 Å². The molecule has 158 valence electrons. The minimum absolute atomic E-state index is 0.188. The molecule has 0 spiro atoms. The van der Waals surface area contributed by atoms with Crippen LogP contribution in [0.4, 0.5) is 4.39 Å². The van der Waals surface area contributed by atoms with Gasteiger partial charge >= 0.3 is 0 Å². The zero-order valence-corrected chi connectivity index (χ0v) is 17.8. The molecule has 0 bridgehead atoms.